The number of halogens is 1. The van der Waals surface area contributed by atoms with Crippen LogP contribution < -0.4 is 19.5 Å². The van der Waals surface area contributed by atoms with Gasteiger partial charge in [-0.1, -0.05) is 0 Å². The smallest absolute Gasteiger partial charge is 0.240 e. The lowest BCUT2D eigenvalue weighted by atomic mass is 9.99. The van der Waals surface area contributed by atoms with Crippen molar-refractivity contribution in [3.05, 3.63) is 18.2 Å². The summed E-state index contributed by atoms with van der Waals surface area (Å²) in [6.45, 7) is 1.58. The SMILES string of the molecule is COCC1(CNS(=O)(=O)c2cc(OC)cc(OC)c2)CCCN1.Cl. The number of benzene rings is 1. The van der Waals surface area contributed by atoms with Crippen LogP contribution in [0.1, 0.15) is 12.8 Å². The van der Waals surface area contributed by atoms with E-state index in [1.54, 1.807) is 13.2 Å². The van der Waals surface area contributed by atoms with Crippen LogP contribution in [-0.2, 0) is 14.8 Å². The number of methoxy groups -OCH3 is 3. The van der Waals surface area contributed by atoms with Gasteiger partial charge in [0, 0.05) is 31.9 Å². The first kappa shape index (κ1) is 21.0. The summed E-state index contributed by atoms with van der Waals surface area (Å²) in [5, 5.41) is 3.34. The summed E-state index contributed by atoms with van der Waals surface area (Å²) >= 11 is 0. The predicted molar refractivity (Wildman–Crippen MR) is 93.8 cm³/mol. The molecule has 138 valence electrons. The molecule has 7 nitrogen and oxygen atoms in total. The number of hydrogen-bond acceptors (Lipinski definition) is 6. The molecule has 1 aliphatic rings. The zero-order valence-corrected chi connectivity index (χ0v) is 15.8. The summed E-state index contributed by atoms with van der Waals surface area (Å²) in [6.07, 6.45) is 1.86. The van der Waals surface area contributed by atoms with Gasteiger partial charge in [-0.25, -0.2) is 13.1 Å². The van der Waals surface area contributed by atoms with Crippen LogP contribution >= 0.6 is 12.4 Å². The molecule has 9 heteroatoms. The Morgan fingerprint density at radius 3 is 2.25 bits per heavy atom. The minimum atomic E-state index is -3.67. The molecule has 1 heterocycles. The first-order valence-electron chi connectivity index (χ1n) is 7.41. The molecular weight excluding hydrogens is 356 g/mol. The molecule has 1 unspecified atom stereocenters. The van der Waals surface area contributed by atoms with Crippen molar-refractivity contribution in [1.82, 2.24) is 10.0 Å². The largest absolute Gasteiger partial charge is 0.497 e. The zero-order valence-electron chi connectivity index (χ0n) is 14.1. The van der Waals surface area contributed by atoms with Crippen LogP contribution in [0.3, 0.4) is 0 Å². The van der Waals surface area contributed by atoms with Gasteiger partial charge in [-0.2, -0.15) is 0 Å². The molecule has 0 amide bonds. The Morgan fingerprint density at radius 1 is 1.17 bits per heavy atom. The third-order valence-electron chi connectivity index (χ3n) is 3.99. The van der Waals surface area contributed by atoms with E-state index >= 15 is 0 Å². The fraction of sp³-hybridized carbons (Fsp3) is 0.600. The highest BCUT2D eigenvalue weighted by molar-refractivity contribution is 7.89. The molecule has 1 aromatic carbocycles. The average Bonchev–Trinajstić information content (AvgIpc) is 3.02. The fourth-order valence-corrected chi connectivity index (χ4v) is 3.90. The molecule has 0 aromatic heterocycles. The van der Waals surface area contributed by atoms with Crippen LogP contribution in [0.15, 0.2) is 23.1 Å². The summed E-state index contributed by atoms with van der Waals surface area (Å²) < 4.78 is 43.3. The van der Waals surface area contributed by atoms with Crippen molar-refractivity contribution in [1.29, 1.82) is 0 Å². The summed E-state index contributed by atoms with van der Waals surface area (Å²) in [7, 11) is 0.901. The fourth-order valence-electron chi connectivity index (χ4n) is 2.72. The van der Waals surface area contributed by atoms with Crippen molar-refractivity contribution in [2.45, 2.75) is 23.3 Å². The molecule has 1 fully saturated rings. The lowest BCUT2D eigenvalue weighted by molar-refractivity contribution is 0.122. The predicted octanol–water partition coefficient (Wildman–Crippen LogP) is 1.17. The van der Waals surface area contributed by atoms with E-state index in [4.69, 9.17) is 14.2 Å². The number of sulfonamides is 1. The van der Waals surface area contributed by atoms with Gasteiger partial charge < -0.3 is 19.5 Å². The van der Waals surface area contributed by atoms with Crippen molar-refractivity contribution < 1.29 is 22.6 Å². The molecule has 0 aliphatic carbocycles. The number of nitrogens with one attached hydrogen (secondary N) is 2. The van der Waals surface area contributed by atoms with Crippen LogP contribution in [0.25, 0.3) is 0 Å². The van der Waals surface area contributed by atoms with E-state index in [1.807, 2.05) is 0 Å². The topological polar surface area (TPSA) is 85.9 Å². The van der Waals surface area contributed by atoms with E-state index in [2.05, 4.69) is 10.0 Å². The van der Waals surface area contributed by atoms with Crippen molar-refractivity contribution in [2.24, 2.45) is 0 Å². The average molecular weight is 381 g/mol. The van der Waals surface area contributed by atoms with Gasteiger partial charge in [0.15, 0.2) is 0 Å². The van der Waals surface area contributed by atoms with Crippen molar-refractivity contribution in [3.8, 4) is 11.5 Å². The Hall–Kier alpha value is -1.06. The first-order valence-corrected chi connectivity index (χ1v) is 8.90. The van der Waals surface area contributed by atoms with E-state index < -0.39 is 10.0 Å². The highest BCUT2D eigenvalue weighted by Gasteiger charge is 2.34. The molecule has 2 N–H and O–H groups in total. The number of hydrogen-bond donors (Lipinski definition) is 2. The molecule has 0 radical (unpaired) electrons. The van der Waals surface area contributed by atoms with Gasteiger partial charge in [-0.3, -0.25) is 0 Å². The lowest BCUT2D eigenvalue weighted by Gasteiger charge is -2.28. The summed E-state index contributed by atoms with van der Waals surface area (Å²) in [5.41, 5.74) is -0.356. The standard InChI is InChI=1S/C15H24N2O5S.ClH/c1-20-11-15(5-4-6-16-15)10-17-23(18,19)14-8-12(21-2)7-13(9-14)22-3;/h7-9,16-17H,4-6,10-11H2,1-3H3;1H. The normalized spacial score (nSPS) is 20.5. The second-order valence-electron chi connectivity index (χ2n) is 5.62. The maximum atomic E-state index is 12.6. The minimum Gasteiger partial charge on any atom is -0.497 e. The van der Waals surface area contributed by atoms with E-state index in [9.17, 15) is 8.42 Å². The number of rotatable bonds is 8. The third kappa shape index (κ3) is 4.97. The van der Waals surface area contributed by atoms with Crippen LogP contribution in [0.5, 0.6) is 11.5 Å². The van der Waals surface area contributed by atoms with Gasteiger partial charge in [0.1, 0.15) is 11.5 Å². The van der Waals surface area contributed by atoms with Gasteiger partial charge in [-0.15, -0.1) is 12.4 Å². The highest BCUT2D eigenvalue weighted by Crippen LogP contribution is 2.26. The van der Waals surface area contributed by atoms with Gasteiger partial charge in [-0.05, 0) is 19.4 Å². The molecule has 0 bridgehead atoms. The molecule has 0 saturated carbocycles. The molecule has 1 aliphatic heterocycles. The Balaban J connectivity index is 0.00000288. The first-order chi connectivity index (χ1) is 10.9. The lowest BCUT2D eigenvalue weighted by Crippen LogP contribution is -2.52. The van der Waals surface area contributed by atoms with E-state index in [0.717, 1.165) is 19.4 Å². The van der Waals surface area contributed by atoms with Crippen LogP contribution in [0.2, 0.25) is 0 Å². The third-order valence-corrected chi connectivity index (χ3v) is 5.37. The molecule has 1 saturated heterocycles. The van der Waals surface area contributed by atoms with Crippen LogP contribution in [-0.4, -0.2) is 55.0 Å². The summed E-state index contributed by atoms with van der Waals surface area (Å²) in [6, 6.07) is 4.57. The minimum absolute atomic E-state index is 0. The highest BCUT2D eigenvalue weighted by atomic mass is 35.5. The van der Waals surface area contributed by atoms with Crippen molar-refractivity contribution in [2.75, 3.05) is 41.0 Å². The maximum Gasteiger partial charge on any atom is 0.240 e. The number of ether oxygens (including phenoxy) is 3. The second-order valence-corrected chi connectivity index (χ2v) is 7.38. The van der Waals surface area contributed by atoms with Gasteiger partial charge in [0.25, 0.3) is 0 Å². The Morgan fingerprint density at radius 2 is 1.79 bits per heavy atom. The van der Waals surface area contributed by atoms with Crippen LogP contribution in [0, 0.1) is 0 Å². The summed E-state index contributed by atoms with van der Waals surface area (Å²) in [5.74, 6) is 0.852. The van der Waals surface area contributed by atoms with Gasteiger partial charge in [0.05, 0.1) is 31.3 Å². The van der Waals surface area contributed by atoms with Gasteiger partial charge >= 0.3 is 0 Å². The van der Waals surface area contributed by atoms with Crippen molar-refractivity contribution >= 4 is 22.4 Å². The molecule has 2 rings (SSSR count). The maximum absolute atomic E-state index is 12.6. The quantitative estimate of drug-likeness (QED) is 0.704. The summed E-state index contributed by atoms with van der Waals surface area (Å²) in [4.78, 5) is 0.110. The molecule has 1 aromatic rings. The van der Waals surface area contributed by atoms with E-state index in [-0.39, 0.29) is 29.4 Å². The van der Waals surface area contributed by atoms with E-state index in [0.29, 0.717) is 18.1 Å². The van der Waals surface area contributed by atoms with Crippen molar-refractivity contribution in [3.63, 3.8) is 0 Å². The molecular formula is C15H25ClN2O5S. The monoisotopic (exact) mass is 380 g/mol. The van der Waals surface area contributed by atoms with Gasteiger partial charge in [0.2, 0.25) is 10.0 Å². The molecule has 24 heavy (non-hydrogen) atoms. The second kappa shape index (κ2) is 8.87. The van der Waals surface area contributed by atoms with Crippen LogP contribution in [0.4, 0.5) is 0 Å². The Bertz CT molecular complexity index is 611. The molecule has 1 atom stereocenters. The molecule has 0 spiro atoms. The van der Waals surface area contributed by atoms with E-state index in [1.165, 1.54) is 26.4 Å². The zero-order chi connectivity index (χ0) is 16.9. The Labute approximate surface area is 149 Å². The Kier molecular flexibility index (Phi) is 7.75.